The first kappa shape index (κ1) is 21.6. The predicted octanol–water partition coefficient (Wildman–Crippen LogP) is 5.04. The minimum Gasteiger partial charge on any atom is -0.381 e. The molecule has 2 aromatic carbocycles. The number of amides is 1. The van der Waals surface area contributed by atoms with E-state index >= 15 is 0 Å². The molecule has 2 N–H and O–H groups in total. The molecule has 0 aliphatic heterocycles. The molecule has 1 aliphatic carbocycles. The molecular formula is C24H18F3N5O2. The van der Waals surface area contributed by atoms with Gasteiger partial charge < -0.3 is 15.2 Å². The number of para-hydroxylation sites is 1. The molecule has 34 heavy (non-hydrogen) atoms. The second-order valence-electron chi connectivity index (χ2n) is 8.00. The van der Waals surface area contributed by atoms with Crippen molar-refractivity contribution in [3.8, 4) is 12.0 Å². The number of alkyl halides is 3. The second kappa shape index (κ2) is 8.26. The highest BCUT2D eigenvalue weighted by Gasteiger charge is 2.36. The van der Waals surface area contributed by atoms with E-state index in [2.05, 4.69) is 37.3 Å². The van der Waals surface area contributed by atoms with Gasteiger partial charge in [0.2, 0.25) is 5.76 Å². The fourth-order valence-electron chi connectivity index (χ4n) is 3.37. The molecule has 2 heterocycles. The van der Waals surface area contributed by atoms with Crippen LogP contribution in [0.5, 0.6) is 0 Å². The van der Waals surface area contributed by atoms with Crippen LogP contribution in [0.15, 0.2) is 53.3 Å². The lowest BCUT2D eigenvalue weighted by Crippen LogP contribution is -2.12. The summed E-state index contributed by atoms with van der Waals surface area (Å²) < 4.78 is 43.9. The number of carbonyl (C=O) groups excluding carboxylic acids is 1. The van der Waals surface area contributed by atoms with E-state index in [1.54, 1.807) is 29.1 Å². The molecule has 1 aliphatic rings. The molecule has 5 rings (SSSR count). The zero-order valence-electron chi connectivity index (χ0n) is 17.9. The number of nitrogens with zero attached hydrogens (tertiary/aromatic N) is 3. The third-order valence-electron chi connectivity index (χ3n) is 5.36. The quantitative estimate of drug-likeness (QED) is 0.413. The van der Waals surface area contributed by atoms with Crippen molar-refractivity contribution in [3.63, 3.8) is 0 Å². The van der Waals surface area contributed by atoms with E-state index in [1.165, 1.54) is 0 Å². The van der Waals surface area contributed by atoms with E-state index in [1.807, 2.05) is 25.1 Å². The average Bonchev–Trinajstić information content (AvgIpc) is 3.30. The van der Waals surface area contributed by atoms with Crippen LogP contribution in [0.2, 0.25) is 0 Å². The average molecular weight is 465 g/mol. The molecule has 0 saturated heterocycles. The van der Waals surface area contributed by atoms with Crippen molar-refractivity contribution < 1.29 is 22.5 Å². The maximum atomic E-state index is 12.7. The maximum absolute atomic E-state index is 12.7. The number of hydrogen-bond donors (Lipinski definition) is 2. The van der Waals surface area contributed by atoms with Gasteiger partial charge >= 0.3 is 6.18 Å². The van der Waals surface area contributed by atoms with E-state index in [4.69, 9.17) is 0 Å². The van der Waals surface area contributed by atoms with E-state index in [-0.39, 0.29) is 11.4 Å². The highest BCUT2D eigenvalue weighted by atomic mass is 19.4. The van der Waals surface area contributed by atoms with Gasteiger partial charge in [-0.25, -0.2) is 4.98 Å². The molecule has 0 bridgehead atoms. The van der Waals surface area contributed by atoms with Crippen LogP contribution in [0.3, 0.4) is 0 Å². The van der Waals surface area contributed by atoms with Gasteiger partial charge in [-0.05, 0) is 55.5 Å². The molecular weight excluding hydrogens is 447 g/mol. The first-order valence-electron chi connectivity index (χ1n) is 10.5. The number of carbonyl (C=O) groups is 1. The summed E-state index contributed by atoms with van der Waals surface area (Å²) >= 11 is 0. The van der Waals surface area contributed by atoms with Crippen molar-refractivity contribution in [2.45, 2.75) is 32.0 Å². The maximum Gasteiger partial charge on any atom is 0.452 e. The number of hydrogen-bond acceptors (Lipinski definition) is 5. The monoisotopic (exact) mass is 465 g/mol. The van der Waals surface area contributed by atoms with Gasteiger partial charge in [-0.1, -0.05) is 17.3 Å². The van der Waals surface area contributed by atoms with Crippen LogP contribution in [-0.4, -0.2) is 26.7 Å². The standard InChI is InChI=1S/C24H18F3N5O2/c1-14-5-6-16(23(33)30-21-12-20(34-31-21)24(25,26)27)11-15(14)9-10-32-13-28-22-18(29-17-7-8-17)3-2-4-19(22)32/h2-6,11-13,17,29H,7-8H2,1H3,(H,30,31,33). The summed E-state index contributed by atoms with van der Waals surface area (Å²) in [4.78, 5) is 17.0. The third kappa shape index (κ3) is 4.45. The number of rotatable bonds is 4. The third-order valence-corrected chi connectivity index (χ3v) is 5.36. The second-order valence-corrected chi connectivity index (χ2v) is 8.00. The van der Waals surface area contributed by atoms with Gasteiger partial charge in [-0.2, -0.15) is 13.2 Å². The largest absolute Gasteiger partial charge is 0.452 e. The van der Waals surface area contributed by atoms with Crippen molar-refractivity contribution in [2.75, 3.05) is 10.6 Å². The Labute approximate surface area is 192 Å². The number of anilines is 2. The fourth-order valence-corrected chi connectivity index (χ4v) is 3.37. The summed E-state index contributed by atoms with van der Waals surface area (Å²) in [6.45, 7) is 1.85. The van der Waals surface area contributed by atoms with Gasteiger partial charge in [0.05, 0.1) is 11.2 Å². The number of imidazole rings is 1. The Bertz CT molecular complexity index is 1450. The lowest BCUT2D eigenvalue weighted by atomic mass is 10.1. The van der Waals surface area contributed by atoms with Crippen LogP contribution in [0.1, 0.15) is 40.1 Å². The molecule has 172 valence electrons. The van der Waals surface area contributed by atoms with Gasteiger partial charge in [0.25, 0.3) is 5.91 Å². The first-order chi connectivity index (χ1) is 16.3. The van der Waals surface area contributed by atoms with Crippen LogP contribution in [-0.2, 0) is 6.18 Å². The number of aryl methyl sites for hydroxylation is 1. The molecule has 10 heteroatoms. The molecule has 0 atom stereocenters. The summed E-state index contributed by atoms with van der Waals surface area (Å²) in [5.41, 5.74) is 4.31. The number of aromatic nitrogens is 3. The molecule has 1 fully saturated rings. The molecule has 7 nitrogen and oxygen atoms in total. The number of benzene rings is 2. The Kier molecular flexibility index (Phi) is 5.24. The molecule has 0 radical (unpaired) electrons. The topological polar surface area (TPSA) is 85.0 Å². The van der Waals surface area contributed by atoms with Crippen LogP contribution >= 0.6 is 0 Å². The highest BCUT2D eigenvalue weighted by Crippen LogP contribution is 2.31. The Morgan fingerprint density at radius 3 is 2.76 bits per heavy atom. The lowest BCUT2D eigenvalue weighted by molar-refractivity contribution is -0.155. The van der Waals surface area contributed by atoms with Gasteiger partial charge in [-0.3, -0.25) is 9.36 Å². The minimum absolute atomic E-state index is 0.220. The Hall–Kier alpha value is -4.26. The van der Waals surface area contributed by atoms with Crippen LogP contribution in [0.4, 0.5) is 24.7 Å². The van der Waals surface area contributed by atoms with Crippen LogP contribution < -0.4 is 10.6 Å². The predicted molar refractivity (Wildman–Crippen MR) is 119 cm³/mol. The summed E-state index contributed by atoms with van der Waals surface area (Å²) in [5.74, 6) is 0.804. The Morgan fingerprint density at radius 1 is 1.21 bits per heavy atom. The summed E-state index contributed by atoms with van der Waals surface area (Å²) in [6, 6.07) is 14.9. The molecule has 4 aromatic rings. The SMILES string of the molecule is Cc1ccc(C(=O)Nc2cc(C(F)(F)F)on2)cc1C#Cn1cnc2c(NC3CC3)cccc21. The Morgan fingerprint density at radius 2 is 2.03 bits per heavy atom. The van der Waals surface area contributed by atoms with Gasteiger partial charge in [0.15, 0.2) is 5.82 Å². The minimum atomic E-state index is -4.69. The number of nitrogens with one attached hydrogen (secondary N) is 2. The van der Waals surface area contributed by atoms with E-state index in [9.17, 15) is 18.0 Å². The summed E-state index contributed by atoms with van der Waals surface area (Å²) in [6.07, 6.45) is -0.736. The van der Waals surface area contributed by atoms with Crippen LogP contribution in [0.25, 0.3) is 11.0 Å². The van der Waals surface area contributed by atoms with Gasteiger partial charge in [-0.15, -0.1) is 0 Å². The van der Waals surface area contributed by atoms with E-state index in [0.717, 1.165) is 35.1 Å². The zero-order chi connectivity index (χ0) is 23.9. The number of halogens is 3. The summed E-state index contributed by atoms with van der Waals surface area (Å²) in [5, 5.41) is 9.01. The normalized spacial score (nSPS) is 13.4. The molecule has 1 saturated carbocycles. The summed E-state index contributed by atoms with van der Waals surface area (Å²) in [7, 11) is 0. The van der Waals surface area contributed by atoms with Crippen molar-refractivity contribution in [2.24, 2.45) is 0 Å². The van der Waals surface area contributed by atoms with Crippen molar-refractivity contribution in [1.29, 1.82) is 0 Å². The number of fused-ring (bicyclic) bond motifs is 1. The molecule has 0 unspecified atom stereocenters. The van der Waals surface area contributed by atoms with E-state index < -0.39 is 17.8 Å². The Balaban J connectivity index is 1.38. The smallest absolute Gasteiger partial charge is 0.381 e. The van der Waals surface area contributed by atoms with Gasteiger partial charge in [0.1, 0.15) is 11.8 Å². The zero-order valence-corrected chi connectivity index (χ0v) is 17.9. The van der Waals surface area contributed by atoms with Crippen molar-refractivity contribution >= 4 is 28.4 Å². The van der Waals surface area contributed by atoms with Crippen LogP contribution in [0, 0.1) is 18.9 Å². The first-order valence-corrected chi connectivity index (χ1v) is 10.5. The highest BCUT2D eigenvalue weighted by molar-refractivity contribution is 6.04. The van der Waals surface area contributed by atoms with Gasteiger partial charge in [0, 0.05) is 29.3 Å². The molecule has 0 spiro atoms. The van der Waals surface area contributed by atoms with E-state index in [0.29, 0.717) is 17.7 Å². The lowest BCUT2D eigenvalue weighted by Gasteiger charge is -2.05. The fraction of sp³-hybridized carbons (Fsp3) is 0.208. The van der Waals surface area contributed by atoms with Crippen molar-refractivity contribution in [1.82, 2.24) is 14.7 Å². The van der Waals surface area contributed by atoms with Crippen molar-refractivity contribution in [3.05, 3.63) is 71.2 Å². The molecule has 1 amide bonds. The molecule has 2 aromatic heterocycles.